The van der Waals surface area contributed by atoms with Crippen LogP contribution in [0.25, 0.3) is 11.0 Å². The van der Waals surface area contributed by atoms with Gasteiger partial charge in [-0.3, -0.25) is 4.72 Å². The van der Waals surface area contributed by atoms with E-state index < -0.39 is 15.7 Å². The quantitative estimate of drug-likeness (QED) is 0.672. The van der Waals surface area contributed by atoms with Gasteiger partial charge in [-0.2, -0.15) is 0 Å². The second-order valence-electron chi connectivity index (χ2n) is 4.49. The Morgan fingerprint density at radius 1 is 0.955 bits per heavy atom. The van der Waals surface area contributed by atoms with Crippen LogP contribution in [0.1, 0.15) is 0 Å². The molecule has 0 saturated carbocycles. The Balaban J connectivity index is 2.06. The van der Waals surface area contributed by atoms with Crippen molar-refractivity contribution < 1.29 is 8.42 Å². The molecule has 1 heterocycles. The van der Waals surface area contributed by atoms with Crippen LogP contribution < -0.4 is 10.4 Å². The maximum Gasteiger partial charge on any atom is 0.323 e. The van der Waals surface area contributed by atoms with Crippen LogP contribution in [-0.2, 0) is 10.0 Å². The molecule has 3 rings (SSSR count). The van der Waals surface area contributed by atoms with Crippen LogP contribution in [0.3, 0.4) is 0 Å². The second-order valence-corrected chi connectivity index (χ2v) is 6.99. The molecule has 0 saturated heterocycles. The topological polar surface area (TPSA) is 94.8 Å². The first kappa shape index (κ1) is 15.0. The molecule has 0 spiro atoms. The zero-order chi connectivity index (χ0) is 15.9. The molecule has 0 fully saturated rings. The van der Waals surface area contributed by atoms with Crippen LogP contribution in [-0.4, -0.2) is 18.4 Å². The summed E-state index contributed by atoms with van der Waals surface area (Å²) in [4.78, 5) is 16.2. The van der Waals surface area contributed by atoms with E-state index in [1.165, 1.54) is 30.3 Å². The summed E-state index contributed by atoms with van der Waals surface area (Å²) in [5.74, 6) is 0. The van der Waals surface area contributed by atoms with Gasteiger partial charge in [0.05, 0.1) is 31.7 Å². The number of para-hydroxylation sites is 1. The van der Waals surface area contributed by atoms with Gasteiger partial charge in [0.25, 0.3) is 10.0 Å². The number of halogens is 2. The fourth-order valence-corrected chi connectivity index (χ4v) is 3.70. The number of hydrogen-bond acceptors (Lipinski definition) is 3. The minimum absolute atomic E-state index is 0.0220. The molecule has 114 valence electrons. The van der Waals surface area contributed by atoms with E-state index in [0.29, 0.717) is 11.0 Å². The molecule has 3 N–H and O–H groups in total. The molecule has 2 aromatic carbocycles. The molecule has 0 radical (unpaired) electrons. The van der Waals surface area contributed by atoms with Gasteiger partial charge in [-0.25, -0.2) is 13.2 Å². The first-order chi connectivity index (χ1) is 10.4. The third-order valence-electron chi connectivity index (χ3n) is 3.00. The van der Waals surface area contributed by atoms with E-state index in [9.17, 15) is 13.2 Å². The molecule has 1 aromatic heterocycles. The van der Waals surface area contributed by atoms with Crippen LogP contribution in [0.4, 0.5) is 5.69 Å². The monoisotopic (exact) mass is 357 g/mol. The average Bonchev–Trinajstić information content (AvgIpc) is 2.82. The lowest BCUT2D eigenvalue weighted by Gasteiger charge is -2.11. The highest BCUT2D eigenvalue weighted by Crippen LogP contribution is 2.32. The second kappa shape index (κ2) is 5.35. The fourth-order valence-electron chi connectivity index (χ4n) is 1.97. The third-order valence-corrected chi connectivity index (χ3v) is 4.97. The maximum atomic E-state index is 12.4. The van der Waals surface area contributed by atoms with Gasteiger partial charge in [-0.1, -0.05) is 29.3 Å². The Morgan fingerprint density at radius 2 is 1.59 bits per heavy atom. The lowest BCUT2D eigenvalue weighted by atomic mass is 10.3. The van der Waals surface area contributed by atoms with E-state index in [4.69, 9.17) is 23.2 Å². The van der Waals surface area contributed by atoms with E-state index >= 15 is 0 Å². The molecule has 6 nitrogen and oxygen atoms in total. The summed E-state index contributed by atoms with van der Waals surface area (Å²) in [7, 11) is -3.90. The normalized spacial score (nSPS) is 11.7. The number of aromatic nitrogens is 2. The molecular weight excluding hydrogens is 349 g/mol. The fraction of sp³-hybridized carbons (Fsp3) is 0. The molecule has 0 bridgehead atoms. The van der Waals surface area contributed by atoms with E-state index in [1.807, 2.05) is 0 Å². The minimum Gasteiger partial charge on any atom is -0.306 e. The predicted octanol–water partition coefficient (Wildman–Crippen LogP) is 2.96. The lowest BCUT2D eigenvalue weighted by molar-refractivity contribution is 0.601. The summed E-state index contributed by atoms with van der Waals surface area (Å²) < 4.78 is 27.2. The number of rotatable bonds is 3. The number of H-pyrrole nitrogens is 2. The van der Waals surface area contributed by atoms with Crippen molar-refractivity contribution in [2.24, 2.45) is 0 Å². The molecular formula is C13H9Cl2N3O3S. The number of imidazole rings is 1. The molecule has 0 unspecified atom stereocenters. The average molecular weight is 358 g/mol. The standard InChI is InChI=1S/C13H9Cl2N3O3S/c14-8-2-1-3-9(15)12(8)18-22(20,21)7-4-5-10-11(6-7)17-13(19)16-10/h1-6,18H,(H2,16,17,19). The molecule has 9 heteroatoms. The van der Waals surface area contributed by atoms with Crippen LogP contribution in [0.2, 0.25) is 10.0 Å². The van der Waals surface area contributed by atoms with Crippen molar-refractivity contribution in [3.05, 3.63) is 56.9 Å². The van der Waals surface area contributed by atoms with Crippen molar-refractivity contribution in [3.8, 4) is 0 Å². The van der Waals surface area contributed by atoms with Crippen LogP contribution in [0.15, 0.2) is 46.1 Å². The Hall–Kier alpha value is -1.96. The molecule has 0 amide bonds. The molecule has 0 aliphatic heterocycles. The summed E-state index contributed by atoms with van der Waals surface area (Å²) in [6.45, 7) is 0. The summed E-state index contributed by atoms with van der Waals surface area (Å²) in [6, 6.07) is 8.88. The summed E-state index contributed by atoms with van der Waals surface area (Å²) in [6.07, 6.45) is 0. The first-order valence-corrected chi connectivity index (χ1v) is 8.29. The van der Waals surface area contributed by atoms with Gasteiger partial charge in [-0.05, 0) is 30.3 Å². The third kappa shape index (κ3) is 2.70. The van der Waals surface area contributed by atoms with Crippen molar-refractivity contribution in [1.29, 1.82) is 0 Å². The zero-order valence-electron chi connectivity index (χ0n) is 10.9. The number of anilines is 1. The summed E-state index contributed by atoms with van der Waals surface area (Å²) in [5, 5.41) is 0.374. The maximum absolute atomic E-state index is 12.4. The Bertz CT molecular complexity index is 1000. The van der Waals surface area contributed by atoms with E-state index in [-0.39, 0.29) is 20.6 Å². The highest BCUT2D eigenvalue weighted by Gasteiger charge is 2.18. The van der Waals surface area contributed by atoms with Gasteiger partial charge in [-0.15, -0.1) is 0 Å². The summed E-state index contributed by atoms with van der Waals surface area (Å²) in [5.41, 5.74) is 0.595. The largest absolute Gasteiger partial charge is 0.323 e. The van der Waals surface area contributed by atoms with Crippen molar-refractivity contribution >= 4 is 49.9 Å². The van der Waals surface area contributed by atoms with E-state index in [1.54, 1.807) is 6.07 Å². The van der Waals surface area contributed by atoms with Crippen molar-refractivity contribution in [2.75, 3.05) is 4.72 Å². The number of sulfonamides is 1. The predicted molar refractivity (Wildman–Crippen MR) is 86.2 cm³/mol. The van der Waals surface area contributed by atoms with Crippen molar-refractivity contribution in [1.82, 2.24) is 9.97 Å². The SMILES string of the molecule is O=c1[nH]c2ccc(S(=O)(=O)Nc3c(Cl)cccc3Cl)cc2[nH]1. The number of aromatic amines is 2. The highest BCUT2D eigenvalue weighted by molar-refractivity contribution is 7.92. The zero-order valence-corrected chi connectivity index (χ0v) is 13.2. The van der Waals surface area contributed by atoms with Gasteiger partial charge >= 0.3 is 5.69 Å². The van der Waals surface area contributed by atoms with E-state index in [2.05, 4.69) is 14.7 Å². The van der Waals surface area contributed by atoms with Crippen molar-refractivity contribution in [3.63, 3.8) is 0 Å². The molecule has 0 aliphatic carbocycles. The van der Waals surface area contributed by atoms with Crippen molar-refractivity contribution in [2.45, 2.75) is 4.90 Å². The number of nitrogens with one attached hydrogen (secondary N) is 3. The van der Waals surface area contributed by atoms with Crippen LogP contribution in [0, 0.1) is 0 Å². The van der Waals surface area contributed by atoms with Crippen LogP contribution in [0.5, 0.6) is 0 Å². The van der Waals surface area contributed by atoms with Gasteiger partial charge < -0.3 is 9.97 Å². The summed E-state index contributed by atoms with van der Waals surface area (Å²) >= 11 is 11.9. The van der Waals surface area contributed by atoms with Crippen LogP contribution >= 0.6 is 23.2 Å². The number of benzene rings is 2. The molecule has 3 aromatic rings. The Kier molecular flexibility index (Phi) is 3.64. The minimum atomic E-state index is -3.90. The Morgan fingerprint density at radius 3 is 2.27 bits per heavy atom. The van der Waals surface area contributed by atoms with Gasteiger partial charge in [0.15, 0.2) is 0 Å². The highest BCUT2D eigenvalue weighted by atomic mass is 35.5. The molecule has 22 heavy (non-hydrogen) atoms. The smallest absolute Gasteiger partial charge is 0.306 e. The van der Waals surface area contributed by atoms with Gasteiger partial charge in [0.1, 0.15) is 0 Å². The van der Waals surface area contributed by atoms with E-state index in [0.717, 1.165) is 0 Å². The van der Waals surface area contributed by atoms with Gasteiger partial charge in [0, 0.05) is 0 Å². The Labute approximate surface area is 135 Å². The lowest BCUT2D eigenvalue weighted by Crippen LogP contribution is -2.13. The molecule has 0 aliphatic rings. The molecule has 0 atom stereocenters. The number of hydrogen-bond donors (Lipinski definition) is 3. The first-order valence-electron chi connectivity index (χ1n) is 6.06. The van der Waals surface area contributed by atoms with Gasteiger partial charge in [0.2, 0.25) is 0 Å². The number of fused-ring (bicyclic) bond motifs is 1.